The average Bonchev–Trinajstić information content (AvgIpc) is 2.46. The fraction of sp³-hybridized carbons (Fsp3) is 0.143. The average molecular weight is 258 g/mol. The molecule has 0 fully saturated rings. The molecule has 2 rings (SSSR count). The summed E-state index contributed by atoms with van der Waals surface area (Å²) in [7, 11) is 0. The molecule has 0 aliphatic carbocycles. The molecule has 1 atom stereocenters. The Labute approximate surface area is 110 Å². The Hall–Kier alpha value is -2.40. The number of hydrogen-bond acceptors (Lipinski definition) is 4. The van der Waals surface area contributed by atoms with E-state index in [2.05, 4.69) is 10.3 Å². The zero-order valence-corrected chi connectivity index (χ0v) is 10.2. The van der Waals surface area contributed by atoms with Gasteiger partial charge in [-0.3, -0.25) is 4.98 Å². The van der Waals surface area contributed by atoms with Gasteiger partial charge in [0.1, 0.15) is 5.56 Å². The Kier molecular flexibility index (Phi) is 4.10. The van der Waals surface area contributed by atoms with Crippen LogP contribution in [0.2, 0.25) is 0 Å². The summed E-state index contributed by atoms with van der Waals surface area (Å²) in [6, 6.07) is 10.8. The molecular weight excluding hydrogens is 244 g/mol. The van der Waals surface area contributed by atoms with Crippen molar-refractivity contribution in [1.82, 2.24) is 4.98 Å². The van der Waals surface area contributed by atoms with Crippen molar-refractivity contribution in [2.75, 3.05) is 11.9 Å². The highest BCUT2D eigenvalue weighted by molar-refractivity contribution is 5.93. The summed E-state index contributed by atoms with van der Waals surface area (Å²) < 4.78 is 0. The predicted molar refractivity (Wildman–Crippen MR) is 71.1 cm³/mol. The fourth-order valence-electron chi connectivity index (χ4n) is 1.72. The van der Waals surface area contributed by atoms with Crippen molar-refractivity contribution in [2.45, 2.75) is 6.10 Å². The quantitative estimate of drug-likeness (QED) is 0.763. The summed E-state index contributed by atoms with van der Waals surface area (Å²) in [4.78, 5) is 14.8. The van der Waals surface area contributed by atoms with Gasteiger partial charge in [-0.2, -0.15) is 0 Å². The molecule has 3 N–H and O–H groups in total. The third-order valence-electron chi connectivity index (χ3n) is 2.72. The second kappa shape index (κ2) is 5.97. The molecule has 2 aromatic rings. The van der Waals surface area contributed by atoms with E-state index < -0.39 is 12.1 Å². The lowest BCUT2D eigenvalue weighted by molar-refractivity contribution is 0.0697. The smallest absolute Gasteiger partial charge is 0.339 e. The molecule has 1 aromatic carbocycles. The van der Waals surface area contributed by atoms with Crippen molar-refractivity contribution in [3.63, 3.8) is 0 Å². The molecule has 0 saturated carbocycles. The maximum Gasteiger partial charge on any atom is 0.339 e. The molecule has 0 amide bonds. The Balaban J connectivity index is 2.05. The highest BCUT2D eigenvalue weighted by atomic mass is 16.4. The van der Waals surface area contributed by atoms with Gasteiger partial charge >= 0.3 is 5.97 Å². The first kappa shape index (κ1) is 13.0. The predicted octanol–water partition coefficient (Wildman–Crippen LogP) is 1.93. The van der Waals surface area contributed by atoms with Gasteiger partial charge in [0.2, 0.25) is 0 Å². The topological polar surface area (TPSA) is 82.5 Å². The highest BCUT2D eigenvalue weighted by Crippen LogP contribution is 2.17. The van der Waals surface area contributed by atoms with Crippen molar-refractivity contribution in [3.05, 3.63) is 59.9 Å². The minimum absolute atomic E-state index is 0.0859. The van der Waals surface area contributed by atoms with Crippen LogP contribution in [0.5, 0.6) is 0 Å². The number of aromatic carboxylic acids is 1. The number of aromatic nitrogens is 1. The van der Waals surface area contributed by atoms with Crippen LogP contribution in [0, 0.1) is 0 Å². The maximum absolute atomic E-state index is 11.0. The number of rotatable bonds is 5. The molecule has 19 heavy (non-hydrogen) atoms. The van der Waals surface area contributed by atoms with E-state index in [1.807, 2.05) is 30.3 Å². The number of nitrogens with zero attached hydrogens (tertiary/aromatic N) is 1. The molecule has 5 heteroatoms. The van der Waals surface area contributed by atoms with Crippen LogP contribution in [0.1, 0.15) is 22.0 Å². The summed E-state index contributed by atoms with van der Waals surface area (Å²) in [5, 5.41) is 21.9. The lowest BCUT2D eigenvalue weighted by Crippen LogP contribution is -2.14. The summed E-state index contributed by atoms with van der Waals surface area (Å²) >= 11 is 0. The molecule has 0 spiro atoms. The van der Waals surface area contributed by atoms with E-state index in [0.29, 0.717) is 5.69 Å². The molecule has 1 unspecified atom stereocenters. The summed E-state index contributed by atoms with van der Waals surface area (Å²) in [5.41, 5.74) is 1.31. The molecule has 0 aliphatic rings. The SMILES string of the molecule is O=C(O)c1cnccc1NCC(O)c1ccccc1. The zero-order chi connectivity index (χ0) is 13.7. The molecule has 98 valence electrons. The number of carboxylic acids is 1. The van der Waals surface area contributed by atoms with Gasteiger partial charge in [-0.25, -0.2) is 4.79 Å². The van der Waals surface area contributed by atoms with E-state index in [0.717, 1.165) is 5.56 Å². The molecule has 0 radical (unpaired) electrons. The molecule has 1 aromatic heterocycles. The van der Waals surface area contributed by atoms with Gasteiger partial charge < -0.3 is 15.5 Å². The van der Waals surface area contributed by atoms with Crippen LogP contribution in [0.4, 0.5) is 5.69 Å². The van der Waals surface area contributed by atoms with Crippen LogP contribution in [-0.2, 0) is 0 Å². The third kappa shape index (κ3) is 3.29. The second-order valence-corrected chi connectivity index (χ2v) is 4.03. The van der Waals surface area contributed by atoms with Gasteiger partial charge in [0.15, 0.2) is 0 Å². The number of hydrogen-bond donors (Lipinski definition) is 3. The van der Waals surface area contributed by atoms with Gasteiger partial charge in [-0.1, -0.05) is 30.3 Å². The van der Waals surface area contributed by atoms with Gasteiger partial charge in [0.25, 0.3) is 0 Å². The number of aliphatic hydroxyl groups is 1. The van der Waals surface area contributed by atoms with E-state index in [-0.39, 0.29) is 12.1 Å². The third-order valence-corrected chi connectivity index (χ3v) is 2.72. The standard InChI is InChI=1S/C14H14N2O3/c17-13(10-4-2-1-3-5-10)9-16-12-6-7-15-8-11(12)14(18)19/h1-8,13,17H,9H2,(H,15,16)(H,18,19). The molecule has 5 nitrogen and oxygen atoms in total. The largest absolute Gasteiger partial charge is 0.478 e. The number of carbonyl (C=O) groups is 1. The van der Waals surface area contributed by atoms with E-state index in [1.54, 1.807) is 6.07 Å². The van der Waals surface area contributed by atoms with E-state index in [4.69, 9.17) is 5.11 Å². The molecule has 0 aliphatic heterocycles. The Morgan fingerprint density at radius 1 is 1.26 bits per heavy atom. The van der Waals surface area contributed by atoms with Gasteiger partial charge in [0.05, 0.1) is 11.8 Å². The van der Waals surface area contributed by atoms with Crippen molar-refractivity contribution in [2.24, 2.45) is 0 Å². The second-order valence-electron chi connectivity index (χ2n) is 4.03. The summed E-state index contributed by atoms with van der Waals surface area (Å²) in [6.45, 7) is 0.230. The van der Waals surface area contributed by atoms with E-state index in [9.17, 15) is 9.90 Å². The summed E-state index contributed by atoms with van der Waals surface area (Å²) in [6.07, 6.45) is 2.08. The number of pyridine rings is 1. The normalized spacial score (nSPS) is 11.8. The van der Waals surface area contributed by atoms with Gasteiger partial charge in [-0.15, -0.1) is 0 Å². The van der Waals surface area contributed by atoms with E-state index >= 15 is 0 Å². The minimum atomic E-state index is -1.05. The molecule has 1 heterocycles. The van der Waals surface area contributed by atoms with E-state index in [1.165, 1.54) is 12.4 Å². The fourth-order valence-corrected chi connectivity index (χ4v) is 1.72. The van der Waals surface area contributed by atoms with Crippen LogP contribution >= 0.6 is 0 Å². The molecular formula is C14H14N2O3. The highest BCUT2D eigenvalue weighted by Gasteiger charge is 2.11. The first-order valence-corrected chi connectivity index (χ1v) is 5.82. The number of nitrogens with one attached hydrogen (secondary N) is 1. The number of anilines is 1. The van der Waals surface area contributed by atoms with Crippen LogP contribution in [-0.4, -0.2) is 27.7 Å². The van der Waals surface area contributed by atoms with Gasteiger partial charge in [-0.05, 0) is 11.6 Å². The lowest BCUT2D eigenvalue weighted by Gasteiger charge is -2.14. The Morgan fingerprint density at radius 2 is 2.00 bits per heavy atom. The summed E-state index contributed by atoms with van der Waals surface area (Å²) in [5.74, 6) is -1.05. The number of aliphatic hydroxyl groups excluding tert-OH is 1. The Bertz CT molecular complexity index is 558. The minimum Gasteiger partial charge on any atom is -0.478 e. The van der Waals surface area contributed by atoms with Gasteiger partial charge in [0, 0.05) is 18.9 Å². The van der Waals surface area contributed by atoms with Crippen molar-refractivity contribution >= 4 is 11.7 Å². The van der Waals surface area contributed by atoms with Crippen LogP contribution < -0.4 is 5.32 Å². The lowest BCUT2D eigenvalue weighted by atomic mass is 10.1. The number of benzene rings is 1. The first-order chi connectivity index (χ1) is 9.18. The maximum atomic E-state index is 11.0. The first-order valence-electron chi connectivity index (χ1n) is 5.82. The molecule has 0 bridgehead atoms. The molecule has 0 saturated heterocycles. The van der Waals surface area contributed by atoms with Crippen molar-refractivity contribution < 1.29 is 15.0 Å². The number of carboxylic acid groups (broad SMARTS) is 1. The van der Waals surface area contributed by atoms with Crippen LogP contribution in [0.15, 0.2) is 48.8 Å². The van der Waals surface area contributed by atoms with Crippen LogP contribution in [0.25, 0.3) is 0 Å². The zero-order valence-electron chi connectivity index (χ0n) is 10.2. The van der Waals surface area contributed by atoms with Crippen molar-refractivity contribution in [1.29, 1.82) is 0 Å². The van der Waals surface area contributed by atoms with Crippen molar-refractivity contribution in [3.8, 4) is 0 Å². The Morgan fingerprint density at radius 3 is 2.68 bits per heavy atom. The van der Waals surface area contributed by atoms with Crippen LogP contribution in [0.3, 0.4) is 0 Å². The monoisotopic (exact) mass is 258 g/mol.